The van der Waals surface area contributed by atoms with Crippen molar-refractivity contribution in [1.82, 2.24) is 0 Å². The topological polar surface area (TPSA) is 68.3 Å². The number of hydrogen-bond donors (Lipinski definition) is 2. The van der Waals surface area contributed by atoms with Crippen molar-refractivity contribution >= 4 is 22.6 Å². The molecule has 0 fully saturated rings. The maximum atomic E-state index is 12.6. The summed E-state index contributed by atoms with van der Waals surface area (Å²) in [5, 5.41) is 3.96. The smallest absolute Gasteiger partial charge is 0.245 e. The molecule has 0 aliphatic rings. The molecule has 3 N–H and O–H groups in total. The van der Waals surface area contributed by atoms with Crippen molar-refractivity contribution in [1.29, 1.82) is 0 Å². The van der Waals surface area contributed by atoms with Crippen LogP contribution in [0.3, 0.4) is 0 Å². The molecule has 0 saturated carbocycles. The van der Waals surface area contributed by atoms with E-state index in [1.165, 1.54) is 5.56 Å². The van der Waals surface area contributed by atoms with Crippen molar-refractivity contribution in [3.63, 3.8) is 0 Å². The third kappa shape index (κ3) is 4.14. The zero-order chi connectivity index (χ0) is 21.3. The Labute approximate surface area is 176 Å². The van der Waals surface area contributed by atoms with Gasteiger partial charge in [0.2, 0.25) is 5.91 Å². The van der Waals surface area contributed by atoms with Gasteiger partial charge in [-0.15, -0.1) is 0 Å². The summed E-state index contributed by atoms with van der Waals surface area (Å²) in [4.78, 5) is 12.6. The molecule has 1 heterocycles. The summed E-state index contributed by atoms with van der Waals surface area (Å²) in [5.74, 6) is 0.555. The largest absolute Gasteiger partial charge is 0.456 e. The van der Waals surface area contributed by atoms with Gasteiger partial charge in [0, 0.05) is 16.6 Å². The van der Waals surface area contributed by atoms with E-state index in [-0.39, 0.29) is 11.3 Å². The molecule has 0 radical (unpaired) electrons. The Morgan fingerprint density at radius 2 is 1.60 bits per heavy atom. The minimum atomic E-state index is -0.728. The lowest BCUT2D eigenvalue weighted by molar-refractivity contribution is -0.117. The Morgan fingerprint density at radius 3 is 2.23 bits per heavy atom. The number of fused-ring (bicyclic) bond motifs is 1. The van der Waals surface area contributed by atoms with E-state index < -0.39 is 6.04 Å². The quantitative estimate of drug-likeness (QED) is 0.441. The highest BCUT2D eigenvalue weighted by atomic mass is 16.3. The Hall–Kier alpha value is -3.37. The number of carbonyl (C=O) groups is 1. The van der Waals surface area contributed by atoms with Gasteiger partial charge in [-0.2, -0.15) is 0 Å². The van der Waals surface area contributed by atoms with Gasteiger partial charge in [0.25, 0.3) is 0 Å². The molecule has 0 bridgehead atoms. The average molecular weight is 399 g/mol. The summed E-state index contributed by atoms with van der Waals surface area (Å²) in [6, 6.07) is 24.7. The molecule has 0 spiro atoms. The highest BCUT2D eigenvalue weighted by Gasteiger charge is 2.18. The van der Waals surface area contributed by atoms with E-state index >= 15 is 0 Å². The van der Waals surface area contributed by atoms with Crippen LogP contribution in [-0.2, 0) is 10.2 Å². The fourth-order valence-electron chi connectivity index (χ4n) is 3.40. The Balaban J connectivity index is 1.45. The Kier molecular flexibility index (Phi) is 5.18. The predicted molar refractivity (Wildman–Crippen MR) is 122 cm³/mol. The van der Waals surface area contributed by atoms with Crippen LogP contribution in [-0.4, -0.2) is 5.91 Å². The molecule has 30 heavy (non-hydrogen) atoms. The maximum Gasteiger partial charge on any atom is 0.245 e. The van der Waals surface area contributed by atoms with Gasteiger partial charge in [0.15, 0.2) is 0 Å². The van der Waals surface area contributed by atoms with Crippen LogP contribution < -0.4 is 11.1 Å². The molecular weight excluding hydrogens is 372 g/mol. The highest BCUT2D eigenvalue weighted by Crippen LogP contribution is 2.29. The fraction of sp³-hybridized carbons (Fsp3) is 0.192. The molecule has 1 amide bonds. The normalized spacial score (nSPS) is 12.7. The number of para-hydroxylation sites is 1. The number of nitrogens with one attached hydrogen (secondary N) is 1. The molecule has 4 heteroatoms. The molecule has 1 unspecified atom stereocenters. The average Bonchev–Trinajstić information content (AvgIpc) is 3.17. The highest BCUT2D eigenvalue weighted by molar-refractivity contribution is 5.95. The van der Waals surface area contributed by atoms with Crippen molar-refractivity contribution in [2.75, 3.05) is 5.32 Å². The third-order valence-electron chi connectivity index (χ3n) is 5.28. The molecule has 3 aromatic carbocycles. The van der Waals surface area contributed by atoms with Gasteiger partial charge in [-0.05, 0) is 52.9 Å². The van der Waals surface area contributed by atoms with E-state index in [0.29, 0.717) is 5.69 Å². The van der Waals surface area contributed by atoms with E-state index in [0.717, 1.165) is 27.9 Å². The molecule has 4 nitrogen and oxygen atoms in total. The van der Waals surface area contributed by atoms with Gasteiger partial charge < -0.3 is 15.5 Å². The molecular formula is C26H26N2O2. The van der Waals surface area contributed by atoms with Gasteiger partial charge in [-0.25, -0.2) is 0 Å². The van der Waals surface area contributed by atoms with Crippen molar-refractivity contribution in [2.24, 2.45) is 5.73 Å². The van der Waals surface area contributed by atoms with Crippen LogP contribution in [0.1, 0.15) is 37.9 Å². The number of anilines is 1. The SMILES string of the molecule is CC(C)(C)c1ccc(C(N)C(=O)Nc2ccc(-c3cc4ccccc4o3)cc2)cc1. The second-order valence-electron chi connectivity index (χ2n) is 8.56. The molecule has 152 valence electrons. The van der Waals surface area contributed by atoms with Gasteiger partial charge in [0.05, 0.1) is 0 Å². The number of nitrogens with two attached hydrogens (primary N) is 1. The van der Waals surface area contributed by atoms with Crippen LogP contribution in [0.25, 0.3) is 22.3 Å². The van der Waals surface area contributed by atoms with Crippen LogP contribution in [0.2, 0.25) is 0 Å². The van der Waals surface area contributed by atoms with E-state index in [1.807, 2.05) is 78.9 Å². The zero-order valence-corrected chi connectivity index (χ0v) is 17.5. The van der Waals surface area contributed by atoms with E-state index in [9.17, 15) is 4.79 Å². The van der Waals surface area contributed by atoms with Crippen LogP contribution in [0.4, 0.5) is 5.69 Å². The van der Waals surface area contributed by atoms with Gasteiger partial charge in [-0.1, -0.05) is 63.2 Å². The van der Waals surface area contributed by atoms with E-state index in [2.05, 4.69) is 26.1 Å². The summed E-state index contributed by atoms with van der Waals surface area (Å²) in [5.41, 5.74) is 10.7. The van der Waals surface area contributed by atoms with Gasteiger partial charge in [0.1, 0.15) is 17.4 Å². The lowest BCUT2D eigenvalue weighted by Crippen LogP contribution is -2.27. The van der Waals surface area contributed by atoms with Crippen molar-refractivity contribution < 1.29 is 9.21 Å². The molecule has 0 saturated heterocycles. The molecule has 1 aromatic heterocycles. The number of carbonyl (C=O) groups excluding carboxylic acids is 1. The lowest BCUT2D eigenvalue weighted by Gasteiger charge is -2.20. The Morgan fingerprint density at radius 1 is 0.933 bits per heavy atom. The Bertz CT molecular complexity index is 1130. The molecule has 4 rings (SSSR count). The van der Waals surface area contributed by atoms with E-state index in [1.54, 1.807) is 0 Å². The van der Waals surface area contributed by atoms with Crippen LogP contribution >= 0.6 is 0 Å². The second-order valence-corrected chi connectivity index (χ2v) is 8.56. The number of furan rings is 1. The molecule has 0 aliphatic heterocycles. The van der Waals surface area contributed by atoms with E-state index in [4.69, 9.17) is 10.2 Å². The molecule has 1 atom stereocenters. The first-order valence-corrected chi connectivity index (χ1v) is 10.1. The van der Waals surface area contributed by atoms with Crippen molar-refractivity contribution in [3.8, 4) is 11.3 Å². The number of hydrogen-bond acceptors (Lipinski definition) is 3. The summed E-state index contributed by atoms with van der Waals surface area (Å²) < 4.78 is 5.90. The van der Waals surface area contributed by atoms with Gasteiger partial charge in [-0.3, -0.25) is 4.79 Å². The minimum absolute atomic E-state index is 0.0620. The van der Waals surface area contributed by atoms with Crippen molar-refractivity contribution in [3.05, 3.63) is 90.0 Å². The predicted octanol–water partition coefficient (Wildman–Crippen LogP) is 6.04. The minimum Gasteiger partial charge on any atom is -0.456 e. The molecule has 4 aromatic rings. The number of benzene rings is 3. The summed E-state index contributed by atoms with van der Waals surface area (Å²) in [7, 11) is 0. The first-order chi connectivity index (χ1) is 14.3. The first kappa shape index (κ1) is 19.9. The fourth-order valence-corrected chi connectivity index (χ4v) is 3.40. The summed E-state index contributed by atoms with van der Waals surface area (Å²) >= 11 is 0. The standard InChI is InChI=1S/C26H26N2O2/c1-26(2,3)20-12-8-18(9-13-20)24(27)25(29)28-21-14-10-17(11-15-21)23-16-19-6-4-5-7-22(19)30-23/h4-16,24H,27H2,1-3H3,(H,28,29). The number of amides is 1. The van der Waals surface area contributed by atoms with Crippen LogP contribution in [0, 0.1) is 0 Å². The first-order valence-electron chi connectivity index (χ1n) is 10.1. The molecule has 0 aliphatic carbocycles. The third-order valence-corrected chi connectivity index (χ3v) is 5.28. The maximum absolute atomic E-state index is 12.6. The second kappa shape index (κ2) is 7.81. The van der Waals surface area contributed by atoms with Crippen LogP contribution in [0.5, 0.6) is 0 Å². The van der Waals surface area contributed by atoms with Crippen LogP contribution in [0.15, 0.2) is 83.3 Å². The van der Waals surface area contributed by atoms with Crippen molar-refractivity contribution in [2.45, 2.75) is 32.2 Å². The number of rotatable bonds is 4. The summed E-state index contributed by atoms with van der Waals surface area (Å²) in [6.07, 6.45) is 0. The summed E-state index contributed by atoms with van der Waals surface area (Å²) in [6.45, 7) is 6.47. The monoisotopic (exact) mass is 398 g/mol. The zero-order valence-electron chi connectivity index (χ0n) is 17.5. The van der Waals surface area contributed by atoms with Gasteiger partial charge >= 0.3 is 0 Å². The lowest BCUT2D eigenvalue weighted by atomic mass is 9.86.